The summed E-state index contributed by atoms with van der Waals surface area (Å²) in [5.41, 5.74) is 5.31. The number of nitrogens with zero attached hydrogens (tertiary/aromatic N) is 2. The quantitative estimate of drug-likeness (QED) is 0.580. The minimum atomic E-state index is -0.621. The molecule has 3 rings (SSSR count). The number of hydrazine groups is 1. The van der Waals surface area contributed by atoms with Gasteiger partial charge in [0.05, 0.1) is 5.56 Å². The van der Waals surface area contributed by atoms with Gasteiger partial charge in [-0.3, -0.25) is 20.4 Å². The standard InChI is InChI=1S/C18H15ClN4O4/c19-12-7-5-11(6-8-12)17-20-16(27-23-17)10-9-15(25)21-22-18(26)13-3-1-2-4-14(13)24/h1-8,24H,9-10H2,(H,21,25)(H,22,26). The smallest absolute Gasteiger partial charge is 0.273 e. The average Bonchev–Trinajstić information content (AvgIpc) is 3.14. The number of carbonyl (C=O) groups excluding carboxylic acids is 2. The number of phenols is 1. The molecular formula is C18H15ClN4O4. The summed E-state index contributed by atoms with van der Waals surface area (Å²) in [5, 5.41) is 14.1. The molecule has 0 atom stereocenters. The van der Waals surface area contributed by atoms with Gasteiger partial charge in [-0.2, -0.15) is 4.98 Å². The lowest BCUT2D eigenvalue weighted by molar-refractivity contribution is -0.121. The number of hydrogen-bond donors (Lipinski definition) is 3. The van der Waals surface area contributed by atoms with E-state index in [0.717, 1.165) is 5.56 Å². The summed E-state index contributed by atoms with van der Waals surface area (Å²) >= 11 is 5.84. The SMILES string of the molecule is O=C(CCc1nc(-c2ccc(Cl)cc2)no1)NNC(=O)c1ccccc1O. The normalized spacial score (nSPS) is 10.4. The molecule has 2 amide bonds. The maximum atomic E-state index is 11.9. The van der Waals surface area contributed by atoms with Gasteiger partial charge in [-0.05, 0) is 36.4 Å². The maximum Gasteiger partial charge on any atom is 0.273 e. The maximum absolute atomic E-state index is 11.9. The Balaban J connectivity index is 1.49. The molecule has 8 nitrogen and oxygen atoms in total. The molecule has 3 aromatic rings. The van der Waals surface area contributed by atoms with Crippen molar-refractivity contribution in [2.45, 2.75) is 12.8 Å². The number of phenolic OH excluding ortho intramolecular Hbond substituents is 1. The zero-order chi connectivity index (χ0) is 19.2. The molecule has 0 saturated carbocycles. The predicted octanol–water partition coefficient (Wildman–Crippen LogP) is 2.49. The Morgan fingerprint density at radius 2 is 1.81 bits per heavy atom. The van der Waals surface area contributed by atoms with E-state index in [4.69, 9.17) is 16.1 Å². The topological polar surface area (TPSA) is 117 Å². The molecule has 1 aromatic heterocycles. The van der Waals surface area contributed by atoms with Gasteiger partial charge in [-0.25, -0.2) is 0 Å². The first kappa shape index (κ1) is 18.4. The van der Waals surface area contributed by atoms with Crippen LogP contribution in [0, 0.1) is 0 Å². The number of aromatic nitrogens is 2. The van der Waals surface area contributed by atoms with Crippen LogP contribution in [0.15, 0.2) is 53.1 Å². The third-order valence-electron chi connectivity index (χ3n) is 3.60. The van der Waals surface area contributed by atoms with E-state index in [1.54, 1.807) is 36.4 Å². The summed E-state index contributed by atoms with van der Waals surface area (Å²) < 4.78 is 5.12. The first-order valence-electron chi connectivity index (χ1n) is 7.98. The molecule has 0 fully saturated rings. The minimum Gasteiger partial charge on any atom is -0.507 e. The molecule has 9 heteroatoms. The van der Waals surface area contributed by atoms with Gasteiger partial charge in [-0.1, -0.05) is 28.9 Å². The summed E-state index contributed by atoms with van der Waals surface area (Å²) in [6.45, 7) is 0. The zero-order valence-electron chi connectivity index (χ0n) is 14.0. The van der Waals surface area contributed by atoms with Crippen molar-refractivity contribution in [2.75, 3.05) is 0 Å². The average molecular weight is 387 g/mol. The van der Waals surface area contributed by atoms with E-state index in [1.165, 1.54) is 12.1 Å². The molecule has 2 aromatic carbocycles. The fourth-order valence-electron chi connectivity index (χ4n) is 2.22. The van der Waals surface area contributed by atoms with Crippen molar-refractivity contribution in [3.8, 4) is 17.1 Å². The Morgan fingerprint density at radius 3 is 2.56 bits per heavy atom. The van der Waals surface area contributed by atoms with Gasteiger partial charge in [0.1, 0.15) is 5.75 Å². The van der Waals surface area contributed by atoms with Crippen LogP contribution in [-0.2, 0) is 11.2 Å². The second kappa shape index (κ2) is 8.33. The highest BCUT2D eigenvalue weighted by molar-refractivity contribution is 6.30. The first-order valence-corrected chi connectivity index (χ1v) is 8.36. The zero-order valence-corrected chi connectivity index (χ0v) is 14.7. The number of para-hydroxylation sites is 1. The van der Waals surface area contributed by atoms with Gasteiger partial charge >= 0.3 is 0 Å². The lowest BCUT2D eigenvalue weighted by Crippen LogP contribution is -2.41. The Morgan fingerprint density at radius 1 is 1.07 bits per heavy atom. The Hall–Kier alpha value is -3.39. The van der Waals surface area contributed by atoms with Crippen LogP contribution < -0.4 is 10.9 Å². The summed E-state index contributed by atoms with van der Waals surface area (Å²) in [6.07, 6.45) is 0.238. The van der Waals surface area contributed by atoms with Crippen molar-refractivity contribution in [3.05, 3.63) is 65.0 Å². The van der Waals surface area contributed by atoms with E-state index in [1.807, 2.05) is 0 Å². The fourth-order valence-corrected chi connectivity index (χ4v) is 2.34. The fraction of sp³-hybridized carbons (Fsp3) is 0.111. The number of aromatic hydroxyl groups is 1. The third kappa shape index (κ3) is 4.83. The lowest BCUT2D eigenvalue weighted by atomic mass is 10.2. The van der Waals surface area contributed by atoms with Crippen LogP contribution in [-0.4, -0.2) is 27.1 Å². The van der Waals surface area contributed by atoms with Gasteiger partial charge in [0.15, 0.2) is 0 Å². The number of hydrogen-bond acceptors (Lipinski definition) is 6. The van der Waals surface area contributed by atoms with E-state index < -0.39 is 11.8 Å². The molecule has 3 N–H and O–H groups in total. The van der Waals surface area contributed by atoms with Crippen molar-refractivity contribution < 1.29 is 19.2 Å². The molecule has 1 heterocycles. The van der Waals surface area contributed by atoms with E-state index in [-0.39, 0.29) is 24.2 Å². The highest BCUT2D eigenvalue weighted by Gasteiger charge is 2.13. The van der Waals surface area contributed by atoms with Crippen LogP contribution in [0.5, 0.6) is 5.75 Å². The second-order valence-electron chi connectivity index (χ2n) is 5.54. The number of carbonyl (C=O) groups is 2. The first-order chi connectivity index (χ1) is 13.0. The molecule has 0 saturated heterocycles. The second-order valence-corrected chi connectivity index (χ2v) is 5.97. The number of benzene rings is 2. The molecule has 27 heavy (non-hydrogen) atoms. The molecule has 0 spiro atoms. The minimum absolute atomic E-state index is 0.0311. The largest absolute Gasteiger partial charge is 0.507 e. The van der Waals surface area contributed by atoms with Gasteiger partial charge < -0.3 is 9.63 Å². The van der Waals surface area contributed by atoms with Crippen LogP contribution in [0.4, 0.5) is 0 Å². The highest BCUT2D eigenvalue weighted by Crippen LogP contribution is 2.19. The van der Waals surface area contributed by atoms with Crippen molar-refractivity contribution in [2.24, 2.45) is 0 Å². The summed E-state index contributed by atoms with van der Waals surface area (Å²) in [6, 6.07) is 13.0. The van der Waals surface area contributed by atoms with Crippen molar-refractivity contribution in [1.82, 2.24) is 21.0 Å². The molecule has 0 aliphatic rings. The van der Waals surface area contributed by atoms with Crippen molar-refractivity contribution >= 4 is 23.4 Å². The number of amides is 2. The summed E-state index contributed by atoms with van der Waals surface area (Å²) in [7, 11) is 0. The molecule has 0 aliphatic heterocycles. The number of nitrogens with one attached hydrogen (secondary N) is 2. The van der Waals surface area contributed by atoms with E-state index in [2.05, 4.69) is 21.0 Å². The van der Waals surface area contributed by atoms with Gasteiger partial charge in [-0.15, -0.1) is 0 Å². The monoisotopic (exact) mass is 386 g/mol. The third-order valence-corrected chi connectivity index (χ3v) is 3.85. The summed E-state index contributed by atoms with van der Waals surface area (Å²) in [5.74, 6) is -0.545. The molecule has 0 unspecified atom stereocenters. The van der Waals surface area contributed by atoms with Gasteiger partial charge in [0.25, 0.3) is 5.91 Å². The number of rotatable bonds is 5. The molecule has 0 bridgehead atoms. The molecule has 138 valence electrons. The molecule has 0 aliphatic carbocycles. The predicted molar refractivity (Wildman–Crippen MR) is 96.8 cm³/mol. The Kier molecular flexibility index (Phi) is 5.68. The molecular weight excluding hydrogens is 372 g/mol. The van der Waals surface area contributed by atoms with Crippen LogP contribution >= 0.6 is 11.6 Å². The highest BCUT2D eigenvalue weighted by atomic mass is 35.5. The van der Waals surface area contributed by atoms with Gasteiger partial charge in [0, 0.05) is 23.4 Å². The van der Waals surface area contributed by atoms with E-state index in [9.17, 15) is 14.7 Å². The van der Waals surface area contributed by atoms with Crippen molar-refractivity contribution in [3.63, 3.8) is 0 Å². The molecule has 0 radical (unpaired) electrons. The van der Waals surface area contributed by atoms with Crippen LogP contribution in [0.25, 0.3) is 11.4 Å². The lowest BCUT2D eigenvalue weighted by Gasteiger charge is -2.07. The summed E-state index contributed by atoms with van der Waals surface area (Å²) in [4.78, 5) is 28.0. The Labute approximate surface area is 159 Å². The number of aryl methyl sites for hydroxylation is 1. The van der Waals surface area contributed by atoms with Crippen LogP contribution in [0.1, 0.15) is 22.7 Å². The van der Waals surface area contributed by atoms with E-state index in [0.29, 0.717) is 16.7 Å². The Bertz CT molecular complexity index is 956. The van der Waals surface area contributed by atoms with Crippen LogP contribution in [0.2, 0.25) is 5.02 Å². The van der Waals surface area contributed by atoms with Gasteiger partial charge in [0.2, 0.25) is 17.6 Å². The van der Waals surface area contributed by atoms with Crippen molar-refractivity contribution in [1.29, 1.82) is 0 Å². The number of halogens is 1. The van der Waals surface area contributed by atoms with E-state index >= 15 is 0 Å². The van der Waals surface area contributed by atoms with Crippen LogP contribution in [0.3, 0.4) is 0 Å².